The van der Waals surface area contributed by atoms with Crippen molar-refractivity contribution in [3.63, 3.8) is 0 Å². The number of hydrogen-bond donors (Lipinski definition) is 5. The number of methoxy groups -OCH3 is 1. The number of carbonyl (C=O) groups excluding carboxylic acids is 3. The van der Waals surface area contributed by atoms with Crippen molar-refractivity contribution in [1.29, 1.82) is 0 Å². The van der Waals surface area contributed by atoms with Crippen molar-refractivity contribution < 1.29 is 19.1 Å². The molecule has 12 nitrogen and oxygen atoms in total. The molecule has 7 N–H and O–H groups in total. The molecule has 2 heterocycles. The summed E-state index contributed by atoms with van der Waals surface area (Å²) < 4.78 is 5.77. The van der Waals surface area contributed by atoms with Gasteiger partial charge in [0.05, 0.1) is 41.4 Å². The summed E-state index contributed by atoms with van der Waals surface area (Å²) in [5.41, 5.74) is 15.8. The molecule has 3 aromatic rings. The van der Waals surface area contributed by atoms with Crippen LogP contribution in [-0.4, -0.2) is 53.8 Å². The second-order valence-electron chi connectivity index (χ2n) is 10.9. The third-order valence-electron chi connectivity index (χ3n) is 7.02. The molecule has 0 radical (unpaired) electrons. The number of likely N-dealkylation sites (N-methyl/N-ethyl adjacent to an activating group) is 1. The molecule has 0 atom stereocenters. The van der Waals surface area contributed by atoms with Crippen molar-refractivity contribution in [2.45, 2.75) is 39.2 Å². The van der Waals surface area contributed by atoms with Gasteiger partial charge < -0.3 is 37.1 Å². The standard InChI is InChI=1S/C32H38N8O4S/c1-18(2)32-37-21(17-45-32)15-40(4)26(16-41)23-12-11-20(14-36-23)22-7-6-8-24(29(22)44-5)38-25(28(34)31(43)35-3)13-27(33)39-30(42)19-9-10-19/h6-8,11-14,17-19,38H,9-10,15,33-34H2,1-5H3,(H,35,43)(H,39,42)/b27-13+,28-25+. The van der Waals surface area contributed by atoms with Crippen molar-refractivity contribution in [3.8, 4) is 16.9 Å². The second kappa shape index (κ2) is 14.6. The highest BCUT2D eigenvalue weighted by atomic mass is 32.1. The summed E-state index contributed by atoms with van der Waals surface area (Å²) in [5.74, 6) is 2.06. The number of thiazole rings is 1. The number of amides is 2. The van der Waals surface area contributed by atoms with E-state index in [1.54, 1.807) is 47.7 Å². The van der Waals surface area contributed by atoms with Crippen LogP contribution in [0.3, 0.4) is 0 Å². The van der Waals surface area contributed by atoms with Crippen LogP contribution in [0.1, 0.15) is 49.0 Å². The average molecular weight is 631 g/mol. The van der Waals surface area contributed by atoms with E-state index in [1.165, 1.54) is 20.2 Å². The molecule has 1 fully saturated rings. The van der Waals surface area contributed by atoms with Gasteiger partial charge >= 0.3 is 0 Å². The molecule has 2 amide bonds. The third-order valence-corrected chi connectivity index (χ3v) is 8.22. The summed E-state index contributed by atoms with van der Waals surface area (Å²) >= 11 is 1.60. The predicted molar refractivity (Wildman–Crippen MR) is 175 cm³/mol. The fourth-order valence-electron chi connectivity index (χ4n) is 4.45. The van der Waals surface area contributed by atoms with Crippen LogP contribution in [0.2, 0.25) is 0 Å². The van der Waals surface area contributed by atoms with Crippen LogP contribution in [-0.2, 0) is 20.9 Å². The lowest BCUT2D eigenvalue weighted by Gasteiger charge is -2.19. The van der Waals surface area contributed by atoms with Gasteiger partial charge in [-0.1, -0.05) is 32.0 Å². The third kappa shape index (κ3) is 8.08. The van der Waals surface area contributed by atoms with E-state index in [4.69, 9.17) is 16.2 Å². The first-order valence-corrected chi connectivity index (χ1v) is 15.2. The van der Waals surface area contributed by atoms with Gasteiger partial charge in [0.1, 0.15) is 23.0 Å². The molecule has 1 saturated carbocycles. The summed E-state index contributed by atoms with van der Waals surface area (Å²) in [6, 6.07) is 8.97. The Bertz CT molecular complexity index is 1670. The zero-order valence-corrected chi connectivity index (χ0v) is 26.7. The molecule has 0 saturated heterocycles. The topological polar surface area (TPSA) is 178 Å². The summed E-state index contributed by atoms with van der Waals surface area (Å²) in [4.78, 5) is 47.6. The number of nitrogens with zero attached hydrogens (tertiary/aromatic N) is 3. The Hall–Kier alpha value is -5.13. The van der Waals surface area contributed by atoms with Crippen LogP contribution >= 0.6 is 11.3 Å². The fraction of sp³-hybridized carbons (Fsp3) is 0.312. The molecule has 4 rings (SSSR count). The van der Waals surface area contributed by atoms with Crippen molar-refractivity contribution in [2.24, 2.45) is 17.4 Å². The molecular formula is C32H38N8O4S. The first-order chi connectivity index (χ1) is 21.6. The summed E-state index contributed by atoms with van der Waals surface area (Å²) in [6.45, 7) is 4.63. The Morgan fingerprint density at radius 1 is 1.22 bits per heavy atom. The highest BCUT2D eigenvalue weighted by Crippen LogP contribution is 2.37. The van der Waals surface area contributed by atoms with Crippen LogP contribution in [0.15, 0.2) is 65.2 Å². The first kappa shape index (κ1) is 32.8. The highest BCUT2D eigenvalue weighted by Gasteiger charge is 2.29. The molecule has 1 aromatic carbocycles. The van der Waals surface area contributed by atoms with Gasteiger partial charge in [-0.25, -0.2) is 9.78 Å². The number of para-hydroxylation sites is 1. The molecule has 0 bridgehead atoms. The smallest absolute Gasteiger partial charge is 0.269 e. The first-order valence-electron chi connectivity index (χ1n) is 14.4. The number of benzene rings is 1. The molecule has 1 aliphatic carbocycles. The molecule has 0 spiro atoms. The molecule has 0 aliphatic heterocycles. The summed E-state index contributed by atoms with van der Waals surface area (Å²) in [5, 5.41) is 11.3. The quantitative estimate of drug-likeness (QED) is 0.107. The zero-order valence-electron chi connectivity index (χ0n) is 25.9. The maximum atomic E-state index is 12.4. The number of rotatable bonds is 13. The van der Waals surface area contributed by atoms with Gasteiger partial charge in [-0.15, -0.1) is 11.3 Å². The van der Waals surface area contributed by atoms with E-state index < -0.39 is 5.91 Å². The molecule has 13 heteroatoms. The molecule has 0 unspecified atom stereocenters. The van der Waals surface area contributed by atoms with E-state index in [2.05, 4.69) is 39.8 Å². The SMILES string of the molecule is CNC(=O)/C(N)=C(/C=C(\N)NC(=O)C1CC1)Nc1cccc(-c2ccc(C(=C=O)N(C)Cc3csc(C(C)C)n3)nc2)c1OC. The fourth-order valence-corrected chi connectivity index (χ4v) is 5.28. The van der Waals surface area contributed by atoms with Gasteiger partial charge in [-0.05, 0) is 25.0 Å². The lowest BCUT2D eigenvalue weighted by Crippen LogP contribution is -2.31. The van der Waals surface area contributed by atoms with Crippen LogP contribution in [0, 0.1) is 5.92 Å². The van der Waals surface area contributed by atoms with E-state index >= 15 is 0 Å². The number of carbonyl (C=O) groups is 2. The van der Waals surface area contributed by atoms with Crippen molar-refractivity contribution >= 4 is 40.5 Å². The van der Waals surface area contributed by atoms with Crippen LogP contribution in [0.25, 0.3) is 16.8 Å². The van der Waals surface area contributed by atoms with Gasteiger partial charge in [-0.3, -0.25) is 14.6 Å². The highest BCUT2D eigenvalue weighted by molar-refractivity contribution is 7.09. The minimum atomic E-state index is -0.538. The normalized spacial score (nSPS) is 13.4. The van der Waals surface area contributed by atoms with Crippen LogP contribution in [0.4, 0.5) is 5.69 Å². The molecule has 1 aliphatic rings. The number of hydrogen-bond acceptors (Lipinski definition) is 11. The number of pyridine rings is 1. The maximum Gasteiger partial charge on any atom is 0.269 e. The predicted octanol–water partition coefficient (Wildman–Crippen LogP) is 3.30. The minimum Gasteiger partial charge on any atom is -0.494 e. The monoisotopic (exact) mass is 630 g/mol. The van der Waals surface area contributed by atoms with E-state index in [0.717, 1.165) is 23.5 Å². The largest absolute Gasteiger partial charge is 0.494 e. The number of allylic oxidation sites excluding steroid dienone is 1. The van der Waals surface area contributed by atoms with Gasteiger partial charge in [0.2, 0.25) is 5.91 Å². The van der Waals surface area contributed by atoms with E-state index in [-0.39, 0.29) is 29.0 Å². The van der Waals surface area contributed by atoms with E-state index in [9.17, 15) is 14.4 Å². The Morgan fingerprint density at radius 2 is 1.98 bits per heavy atom. The Kier molecular flexibility index (Phi) is 10.6. The number of aromatic nitrogens is 2. The molecular weight excluding hydrogens is 592 g/mol. The van der Waals surface area contributed by atoms with Gasteiger partial charge in [0.25, 0.3) is 5.91 Å². The van der Waals surface area contributed by atoms with Crippen molar-refractivity contribution in [1.82, 2.24) is 25.5 Å². The maximum absolute atomic E-state index is 12.4. The average Bonchev–Trinajstić information content (AvgIpc) is 3.78. The Balaban J connectivity index is 1.59. The molecule has 2 aromatic heterocycles. The number of anilines is 1. The lowest BCUT2D eigenvalue weighted by molar-refractivity contribution is -0.121. The lowest BCUT2D eigenvalue weighted by atomic mass is 10.0. The minimum absolute atomic E-state index is 0.0373. The second-order valence-corrected chi connectivity index (χ2v) is 11.7. The van der Waals surface area contributed by atoms with Crippen LogP contribution in [0.5, 0.6) is 5.75 Å². The number of nitrogens with one attached hydrogen (secondary N) is 3. The summed E-state index contributed by atoms with van der Waals surface area (Å²) in [7, 11) is 4.77. The number of nitrogens with two attached hydrogens (primary N) is 2. The number of ether oxygens (including phenoxy) is 1. The van der Waals surface area contributed by atoms with Gasteiger partial charge in [-0.2, -0.15) is 0 Å². The molecule has 236 valence electrons. The molecule has 45 heavy (non-hydrogen) atoms. The Labute approximate surface area is 266 Å². The van der Waals surface area contributed by atoms with Gasteiger partial charge in [0.15, 0.2) is 5.94 Å². The van der Waals surface area contributed by atoms with Crippen LogP contribution < -0.4 is 32.2 Å². The van der Waals surface area contributed by atoms with Crippen molar-refractivity contribution in [2.75, 3.05) is 26.5 Å². The van der Waals surface area contributed by atoms with E-state index in [1.807, 2.05) is 23.5 Å². The van der Waals surface area contributed by atoms with Gasteiger partial charge in [0, 0.05) is 54.7 Å². The summed E-state index contributed by atoms with van der Waals surface area (Å²) in [6.07, 6.45) is 4.67. The van der Waals surface area contributed by atoms with E-state index in [0.29, 0.717) is 46.4 Å². The van der Waals surface area contributed by atoms with Crippen molar-refractivity contribution in [3.05, 3.63) is 81.6 Å². The Morgan fingerprint density at radius 3 is 2.56 bits per heavy atom. The zero-order chi connectivity index (χ0) is 32.7.